The largest absolute Gasteiger partial charge is 0.496 e. The average Bonchev–Trinajstić information content (AvgIpc) is 2.86. The molecule has 9 heteroatoms. The molecule has 0 radical (unpaired) electrons. The summed E-state index contributed by atoms with van der Waals surface area (Å²) in [5.41, 5.74) is 1.39. The van der Waals surface area contributed by atoms with Crippen molar-refractivity contribution in [1.82, 2.24) is 9.62 Å². The number of hydrogen-bond donors (Lipinski definition) is 2. The molecule has 0 aromatic heterocycles. The van der Waals surface area contributed by atoms with E-state index in [-0.39, 0.29) is 29.6 Å². The first-order valence-electron chi connectivity index (χ1n) is 11.3. The van der Waals surface area contributed by atoms with Crippen LogP contribution in [0.15, 0.2) is 60.0 Å². The SMILES string of the molecule is C=CCNC(=O)c1ccccc1NC(=O)CCc1cc(S(=O)(=O)N2CCCCC2)ccc1OC. The molecule has 2 aromatic rings. The number of benzene rings is 2. The van der Waals surface area contributed by atoms with Crippen molar-refractivity contribution in [2.24, 2.45) is 0 Å². The van der Waals surface area contributed by atoms with Crippen LogP contribution in [0.2, 0.25) is 0 Å². The minimum atomic E-state index is -3.59. The molecule has 0 unspecified atom stereocenters. The molecular weight excluding hydrogens is 454 g/mol. The lowest BCUT2D eigenvalue weighted by atomic mass is 10.1. The molecule has 2 aromatic carbocycles. The standard InChI is InChI=1S/C25H31N3O5S/c1-3-15-26-25(30)21-9-5-6-10-22(21)27-24(29)14-11-19-18-20(12-13-23(19)33-2)34(31,32)28-16-7-4-8-17-28/h3,5-6,9-10,12-13,18H,1,4,7-8,11,14-17H2,2H3,(H,26,30)(H,27,29). The Hall–Kier alpha value is -3.17. The minimum Gasteiger partial charge on any atom is -0.496 e. The van der Waals surface area contributed by atoms with Gasteiger partial charge in [0.25, 0.3) is 5.91 Å². The van der Waals surface area contributed by atoms with Crippen molar-refractivity contribution in [1.29, 1.82) is 0 Å². The lowest BCUT2D eigenvalue weighted by Gasteiger charge is -2.26. The zero-order chi connectivity index (χ0) is 24.6. The summed E-state index contributed by atoms with van der Waals surface area (Å²) in [5, 5.41) is 5.48. The van der Waals surface area contributed by atoms with Crippen LogP contribution in [0.1, 0.15) is 41.6 Å². The van der Waals surface area contributed by atoms with E-state index < -0.39 is 10.0 Å². The van der Waals surface area contributed by atoms with Gasteiger partial charge >= 0.3 is 0 Å². The summed E-state index contributed by atoms with van der Waals surface area (Å²) in [5.74, 6) is -0.0852. The fourth-order valence-corrected chi connectivity index (χ4v) is 5.44. The summed E-state index contributed by atoms with van der Waals surface area (Å²) in [7, 11) is -2.08. The molecule has 34 heavy (non-hydrogen) atoms. The number of methoxy groups -OCH3 is 1. The summed E-state index contributed by atoms with van der Waals surface area (Å²) in [6, 6.07) is 11.5. The maximum absolute atomic E-state index is 13.1. The fourth-order valence-electron chi connectivity index (χ4n) is 3.88. The Kier molecular flexibility index (Phi) is 8.84. The molecule has 8 nitrogen and oxygen atoms in total. The number of anilines is 1. The molecule has 1 aliphatic heterocycles. The van der Waals surface area contributed by atoms with Crippen molar-refractivity contribution >= 4 is 27.5 Å². The summed E-state index contributed by atoms with van der Waals surface area (Å²) >= 11 is 0. The van der Waals surface area contributed by atoms with E-state index in [0.717, 1.165) is 19.3 Å². The lowest BCUT2D eigenvalue weighted by molar-refractivity contribution is -0.116. The molecule has 1 fully saturated rings. The summed E-state index contributed by atoms with van der Waals surface area (Å²) in [6.07, 6.45) is 4.69. The van der Waals surface area contributed by atoms with Crippen LogP contribution in [-0.2, 0) is 21.2 Å². The molecule has 1 saturated heterocycles. The number of aryl methyl sites for hydroxylation is 1. The summed E-state index contributed by atoms with van der Waals surface area (Å²) in [6.45, 7) is 4.93. The van der Waals surface area contributed by atoms with Crippen LogP contribution in [-0.4, -0.2) is 51.3 Å². The van der Waals surface area contributed by atoms with E-state index in [2.05, 4.69) is 17.2 Å². The maximum Gasteiger partial charge on any atom is 0.253 e. The Morgan fingerprint density at radius 2 is 1.85 bits per heavy atom. The predicted molar refractivity (Wildman–Crippen MR) is 132 cm³/mol. The highest BCUT2D eigenvalue weighted by Crippen LogP contribution is 2.27. The van der Waals surface area contributed by atoms with Crippen LogP contribution in [0.3, 0.4) is 0 Å². The van der Waals surface area contributed by atoms with E-state index in [1.807, 2.05) is 0 Å². The second kappa shape index (κ2) is 11.8. The second-order valence-electron chi connectivity index (χ2n) is 8.03. The van der Waals surface area contributed by atoms with Gasteiger partial charge in [-0.3, -0.25) is 9.59 Å². The van der Waals surface area contributed by atoms with Gasteiger partial charge in [0.15, 0.2) is 0 Å². The van der Waals surface area contributed by atoms with Crippen LogP contribution in [0, 0.1) is 0 Å². The van der Waals surface area contributed by atoms with Crippen molar-refractivity contribution in [3.05, 3.63) is 66.2 Å². The van der Waals surface area contributed by atoms with Gasteiger partial charge < -0.3 is 15.4 Å². The van der Waals surface area contributed by atoms with Crippen LogP contribution < -0.4 is 15.4 Å². The van der Waals surface area contributed by atoms with Gasteiger partial charge in [0.05, 0.1) is 23.3 Å². The zero-order valence-electron chi connectivity index (χ0n) is 19.4. The molecule has 2 amide bonds. The van der Waals surface area contributed by atoms with Gasteiger partial charge in [-0.05, 0) is 55.2 Å². The third-order valence-corrected chi connectivity index (χ3v) is 7.57. The number of ether oxygens (including phenoxy) is 1. The number of para-hydroxylation sites is 1. The van der Waals surface area contributed by atoms with Crippen LogP contribution in [0.4, 0.5) is 5.69 Å². The molecule has 0 saturated carbocycles. The van der Waals surface area contributed by atoms with Crippen molar-refractivity contribution in [2.45, 2.75) is 37.0 Å². The third-order valence-electron chi connectivity index (χ3n) is 5.68. The lowest BCUT2D eigenvalue weighted by Crippen LogP contribution is -2.35. The van der Waals surface area contributed by atoms with E-state index in [0.29, 0.717) is 42.2 Å². The number of carbonyl (C=O) groups is 2. The van der Waals surface area contributed by atoms with Gasteiger partial charge in [-0.1, -0.05) is 24.6 Å². The van der Waals surface area contributed by atoms with E-state index in [1.54, 1.807) is 48.5 Å². The van der Waals surface area contributed by atoms with Crippen molar-refractivity contribution in [2.75, 3.05) is 32.1 Å². The number of amides is 2. The van der Waals surface area contributed by atoms with Gasteiger partial charge in [0, 0.05) is 26.1 Å². The van der Waals surface area contributed by atoms with Crippen LogP contribution in [0.25, 0.3) is 0 Å². The van der Waals surface area contributed by atoms with E-state index in [4.69, 9.17) is 4.74 Å². The molecule has 1 heterocycles. The normalized spacial score (nSPS) is 14.3. The molecular formula is C25H31N3O5S. The highest BCUT2D eigenvalue weighted by atomic mass is 32.2. The predicted octanol–water partition coefficient (Wildman–Crippen LogP) is 3.36. The van der Waals surface area contributed by atoms with E-state index >= 15 is 0 Å². The Morgan fingerprint density at radius 1 is 1.12 bits per heavy atom. The molecule has 0 aliphatic carbocycles. The van der Waals surface area contributed by atoms with Gasteiger partial charge in [0.1, 0.15) is 5.75 Å². The minimum absolute atomic E-state index is 0.0895. The number of nitrogens with one attached hydrogen (secondary N) is 2. The molecule has 0 bridgehead atoms. The number of hydrogen-bond acceptors (Lipinski definition) is 5. The molecule has 0 spiro atoms. The Labute approximate surface area is 201 Å². The Balaban J connectivity index is 1.72. The monoisotopic (exact) mass is 485 g/mol. The van der Waals surface area contributed by atoms with E-state index in [9.17, 15) is 18.0 Å². The number of piperidine rings is 1. The quantitative estimate of drug-likeness (QED) is 0.502. The number of carbonyl (C=O) groups excluding carboxylic acids is 2. The molecule has 2 N–H and O–H groups in total. The Morgan fingerprint density at radius 3 is 2.56 bits per heavy atom. The van der Waals surface area contributed by atoms with Gasteiger partial charge in [-0.15, -0.1) is 6.58 Å². The fraction of sp³-hybridized carbons (Fsp3) is 0.360. The number of sulfonamides is 1. The third kappa shape index (κ3) is 6.24. The highest BCUT2D eigenvalue weighted by Gasteiger charge is 2.26. The first-order chi connectivity index (χ1) is 16.4. The highest BCUT2D eigenvalue weighted by molar-refractivity contribution is 7.89. The van der Waals surface area contributed by atoms with Crippen molar-refractivity contribution in [3.63, 3.8) is 0 Å². The van der Waals surface area contributed by atoms with Gasteiger partial charge in [-0.2, -0.15) is 4.31 Å². The maximum atomic E-state index is 13.1. The first kappa shape index (κ1) is 25.5. The molecule has 0 atom stereocenters. The first-order valence-corrected chi connectivity index (χ1v) is 12.8. The average molecular weight is 486 g/mol. The van der Waals surface area contributed by atoms with Crippen LogP contribution >= 0.6 is 0 Å². The molecule has 3 rings (SSSR count). The topological polar surface area (TPSA) is 105 Å². The summed E-state index contributed by atoms with van der Waals surface area (Å²) in [4.78, 5) is 25.2. The summed E-state index contributed by atoms with van der Waals surface area (Å²) < 4.78 is 33.0. The van der Waals surface area contributed by atoms with Gasteiger partial charge in [-0.25, -0.2) is 8.42 Å². The number of nitrogens with zero attached hydrogens (tertiary/aromatic N) is 1. The zero-order valence-corrected chi connectivity index (χ0v) is 20.2. The van der Waals surface area contributed by atoms with E-state index in [1.165, 1.54) is 11.4 Å². The number of rotatable bonds is 10. The Bertz CT molecular complexity index is 1140. The molecule has 1 aliphatic rings. The van der Waals surface area contributed by atoms with Crippen LogP contribution in [0.5, 0.6) is 5.75 Å². The van der Waals surface area contributed by atoms with Crippen molar-refractivity contribution in [3.8, 4) is 5.75 Å². The van der Waals surface area contributed by atoms with Crippen molar-refractivity contribution < 1.29 is 22.7 Å². The second-order valence-corrected chi connectivity index (χ2v) is 9.97. The molecule has 182 valence electrons. The van der Waals surface area contributed by atoms with Gasteiger partial charge in [0.2, 0.25) is 15.9 Å². The smallest absolute Gasteiger partial charge is 0.253 e.